The van der Waals surface area contributed by atoms with Crippen molar-refractivity contribution in [2.45, 2.75) is 23.2 Å². The summed E-state index contributed by atoms with van der Waals surface area (Å²) in [6, 6.07) is 9.93. The molecule has 4 nitrogen and oxygen atoms in total. The van der Waals surface area contributed by atoms with Crippen LogP contribution in [-0.4, -0.2) is 22.8 Å². The van der Waals surface area contributed by atoms with E-state index in [0.29, 0.717) is 10.6 Å². The van der Waals surface area contributed by atoms with E-state index in [2.05, 4.69) is 12.1 Å². The van der Waals surface area contributed by atoms with Crippen LogP contribution in [0.25, 0.3) is 10.2 Å². The molecule has 7 heteroatoms. The Bertz CT molecular complexity index is 962. The van der Waals surface area contributed by atoms with Crippen molar-refractivity contribution in [3.63, 3.8) is 0 Å². The molecular weight excluding hydrogens is 388 g/mol. The number of halogens is 1. The van der Waals surface area contributed by atoms with E-state index in [1.807, 2.05) is 23.6 Å². The summed E-state index contributed by atoms with van der Waals surface area (Å²) in [6.45, 7) is 1.57. The quantitative estimate of drug-likeness (QED) is 0.456. The van der Waals surface area contributed by atoms with Crippen LogP contribution in [0.5, 0.6) is 0 Å². The highest BCUT2D eigenvalue weighted by Gasteiger charge is 2.28. The number of nitrogens with zero attached hydrogens (tertiary/aromatic N) is 2. The first-order chi connectivity index (χ1) is 12.6. The zero-order chi connectivity index (χ0) is 18.1. The lowest BCUT2D eigenvalue weighted by Crippen LogP contribution is -2.23. The molecule has 0 unspecified atom stereocenters. The van der Waals surface area contributed by atoms with Gasteiger partial charge in [0.1, 0.15) is 4.70 Å². The molecule has 1 fully saturated rings. The summed E-state index contributed by atoms with van der Waals surface area (Å²) < 4.78 is 7.93. The summed E-state index contributed by atoms with van der Waals surface area (Å²) in [4.78, 5) is 17.4. The molecule has 1 aliphatic heterocycles. The van der Waals surface area contributed by atoms with Crippen LogP contribution in [0.3, 0.4) is 0 Å². The van der Waals surface area contributed by atoms with Gasteiger partial charge in [-0.25, -0.2) is 4.98 Å². The average Bonchev–Trinajstić information content (AvgIpc) is 3.14. The van der Waals surface area contributed by atoms with E-state index in [9.17, 15) is 4.79 Å². The number of thiophene rings is 1. The second-order valence-corrected chi connectivity index (χ2v) is 8.89. The Labute approximate surface area is 165 Å². The molecule has 0 spiro atoms. The topological polar surface area (TPSA) is 44.1 Å². The third-order valence-corrected chi connectivity index (χ3v) is 7.40. The number of rotatable bonds is 4. The number of fused-ring (bicyclic) bond motifs is 1. The van der Waals surface area contributed by atoms with E-state index in [4.69, 9.17) is 21.3 Å². The molecule has 4 rings (SSSR count). The second-order valence-electron chi connectivity index (χ2n) is 6.43. The van der Waals surface area contributed by atoms with Crippen molar-refractivity contribution in [1.82, 2.24) is 9.55 Å². The van der Waals surface area contributed by atoms with Crippen molar-refractivity contribution >= 4 is 44.9 Å². The average molecular weight is 407 g/mol. The van der Waals surface area contributed by atoms with Gasteiger partial charge < -0.3 is 4.74 Å². The predicted molar refractivity (Wildman–Crippen MR) is 108 cm³/mol. The van der Waals surface area contributed by atoms with Crippen molar-refractivity contribution < 1.29 is 4.74 Å². The standard InChI is InChI=1S/C19H19ClN2O2S2/c1-22-18(23)17-15(8-11-25-17)21-19(22)26-16(13-6-9-24-10-7-13)12-2-4-14(20)5-3-12/h2-5,8,11,13,16H,6-7,9-10H2,1H3/t16-/m1/s1. The van der Waals surface area contributed by atoms with E-state index in [-0.39, 0.29) is 10.8 Å². The lowest BCUT2D eigenvalue weighted by atomic mass is 9.92. The molecule has 0 N–H and O–H groups in total. The van der Waals surface area contributed by atoms with Crippen molar-refractivity contribution in [2.24, 2.45) is 13.0 Å². The van der Waals surface area contributed by atoms with Crippen molar-refractivity contribution in [2.75, 3.05) is 13.2 Å². The van der Waals surface area contributed by atoms with Crippen molar-refractivity contribution in [3.8, 4) is 0 Å². The molecule has 0 bridgehead atoms. The SMILES string of the molecule is Cn1c(S[C@H](c2ccc(Cl)cc2)C2CCOCC2)nc2ccsc2c1=O. The van der Waals surface area contributed by atoms with Gasteiger partial charge in [-0.3, -0.25) is 9.36 Å². The smallest absolute Gasteiger partial charge is 0.271 e. The van der Waals surface area contributed by atoms with Gasteiger partial charge in [0.05, 0.1) is 5.52 Å². The zero-order valence-electron chi connectivity index (χ0n) is 14.4. The van der Waals surface area contributed by atoms with E-state index in [0.717, 1.165) is 41.8 Å². The zero-order valence-corrected chi connectivity index (χ0v) is 16.7. The highest BCUT2D eigenvalue weighted by molar-refractivity contribution is 7.99. The Morgan fingerprint density at radius 3 is 2.73 bits per heavy atom. The van der Waals surface area contributed by atoms with Crippen LogP contribution >= 0.6 is 34.7 Å². The number of hydrogen-bond donors (Lipinski definition) is 0. The first kappa shape index (κ1) is 18.0. The highest BCUT2D eigenvalue weighted by Crippen LogP contribution is 2.44. The van der Waals surface area contributed by atoms with Gasteiger partial charge >= 0.3 is 0 Å². The van der Waals surface area contributed by atoms with Gasteiger partial charge in [0.15, 0.2) is 5.16 Å². The summed E-state index contributed by atoms with van der Waals surface area (Å²) >= 11 is 9.19. The summed E-state index contributed by atoms with van der Waals surface area (Å²) in [5, 5.41) is 3.62. The Balaban J connectivity index is 1.73. The molecule has 3 heterocycles. The molecule has 2 aromatic heterocycles. The molecule has 1 aromatic carbocycles. The molecular formula is C19H19ClN2O2S2. The van der Waals surface area contributed by atoms with Crippen LogP contribution in [0.1, 0.15) is 23.7 Å². The maximum absolute atomic E-state index is 12.6. The minimum absolute atomic E-state index is 0.0225. The molecule has 1 saturated heterocycles. The Kier molecular flexibility index (Phi) is 5.36. The lowest BCUT2D eigenvalue weighted by molar-refractivity contribution is 0.0656. The second kappa shape index (κ2) is 7.72. The third-order valence-electron chi connectivity index (χ3n) is 4.77. The first-order valence-corrected chi connectivity index (χ1v) is 10.7. The van der Waals surface area contributed by atoms with Gasteiger partial charge in [0.2, 0.25) is 0 Å². The van der Waals surface area contributed by atoms with Crippen LogP contribution in [0.15, 0.2) is 45.7 Å². The van der Waals surface area contributed by atoms with Crippen molar-refractivity contribution in [1.29, 1.82) is 0 Å². The number of aromatic nitrogens is 2. The molecule has 0 radical (unpaired) electrons. The molecule has 136 valence electrons. The molecule has 0 aliphatic carbocycles. The minimum Gasteiger partial charge on any atom is -0.381 e. The molecule has 1 atom stereocenters. The highest BCUT2D eigenvalue weighted by atomic mass is 35.5. The predicted octanol–water partition coefficient (Wildman–Crippen LogP) is 4.91. The van der Waals surface area contributed by atoms with E-state index in [1.54, 1.807) is 23.4 Å². The molecule has 0 saturated carbocycles. The normalized spacial score (nSPS) is 16.8. The van der Waals surface area contributed by atoms with Crippen LogP contribution in [-0.2, 0) is 11.8 Å². The van der Waals surface area contributed by atoms with Crippen LogP contribution in [0.4, 0.5) is 0 Å². The minimum atomic E-state index is 0.0225. The fraction of sp³-hybridized carbons (Fsp3) is 0.368. The van der Waals surface area contributed by atoms with Crippen molar-refractivity contribution in [3.05, 3.63) is 56.7 Å². The fourth-order valence-corrected chi connectivity index (χ4v) is 5.60. The van der Waals surface area contributed by atoms with Gasteiger partial charge in [-0.1, -0.05) is 35.5 Å². The van der Waals surface area contributed by atoms with Crippen LogP contribution in [0, 0.1) is 5.92 Å². The third kappa shape index (κ3) is 3.56. The molecule has 26 heavy (non-hydrogen) atoms. The Hall–Kier alpha value is -1.34. The Morgan fingerprint density at radius 1 is 1.27 bits per heavy atom. The first-order valence-electron chi connectivity index (χ1n) is 8.57. The maximum Gasteiger partial charge on any atom is 0.271 e. The number of benzene rings is 1. The van der Waals surface area contributed by atoms with E-state index in [1.165, 1.54) is 16.9 Å². The van der Waals surface area contributed by atoms with E-state index < -0.39 is 0 Å². The molecule has 1 aliphatic rings. The lowest BCUT2D eigenvalue weighted by Gasteiger charge is -2.30. The fourth-order valence-electron chi connectivity index (χ4n) is 3.29. The number of ether oxygens (including phenoxy) is 1. The maximum atomic E-state index is 12.6. The van der Waals surface area contributed by atoms with Gasteiger partial charge in [0.25, 0.3) is 5.56 Å². The van der Waals surface area contributed by atoms with E-state index >= 15 is 0 Å². The molecule has 0 amide bonds. The largest absolute Gasteiger partial charge is 0.381 e. The van der Waals surface area contributed by atoms with Gasteiger partial charge in [-0.2, -0.15) is 0 Å². The number of hydrogen-bond acceptors (Lipinski definition) is 5. The molecule has 3 aromatic rings. The summed E-state index contributed by atoms with van der Waals surface area (Å²) in [5.41, 5.74) is 2.02. The van der Waals surface area contributed by atoms with Crippen LogP contribution in [0.2, 0.25) is 5.02 Å². The summed E-state index contributed by atoms with van der Waals surface area (Å²) in [5.74, 6) is 0.477. The monoisotopic (exact) mass is 406 g/mol. The van der Waals surface area contributed by atoms with Gasteiger partial charge in [0, 0.05) is 30.5 Å². The summed E-state index contributed by atoms with van der Waals surface area (Å²) in [6.07, 6.45) is 2.02. The van der Waals surface area contributed by atoms with Gasteiger partial charge in [-0.15, -0.1) is 11.3 Å². The summed E-state index contributed by atoms with van der Waals surface area (Å²) in [7, 11) is 1.81. The van der Waals surface area contributed by atoms with Crippen LogP contribution < -0.4 is 5.56 Å². The Morgan fingerprint density at radius 2 is 2.00 bits per heavy atom. The number of thioether (sulfide) groups is 1. The van der Waals surface area contributed by atoms with Gasteiger partial charge in [-0.05, 0) is 47.9 Å².